The number of aryl methyl sites for hydroxylation is 2. The first-order valence-corrected chi connectivity index (χ1v) is 8.23. The summed E-state index contributed by atoms with van der Waals surface area (Å²) in [6.07, 6.45) is 1.10. The molecule has 2 heteroatoms. The van der Waals surface area contributed by atoms with E-state index in [1.807, 2.05) is 19.1 Å². The zero-order chi connectivity index (χ0) is 16.6. The van der Waals surface area contributed by atoms with Crippen LogP contribution in [-0.4, -0.2) is 7.11 Å². The van der Waals surface area contributed by atoms with Gasteiger partial charge in [0.2, 0.25) is 0 Å². The van der Waals surface area contributed by atoms with Gasteiger partial charge in [-0.3, -0.25) is 0 Å². The molecular formula is C21H24O2. The van der Waals surface area contributed by atoms with Crippen molar-refractivity contribution < 1.29 is 9.15 Å². The Labute approximate surface area is 138 Å². The summed E-state index contributed by atoms with van der Waals surface area (Å²) in [5.41, 5.74) is 6.02. The van der Waals surface area contributed by atoms with Crippen molar-refractivity contribution in [1.82, 2.24) is 0 Å². The van der Waals surface area contributed by atoms with E-state index in [0.29, 0.717) is 5.92 Å². The maximum atomic E-state index is 6.06. The second kappa shape index (κ2) is 6.11. The fourth-order valence-electron chi connectivity index (χ4n) is 3.00. The van der Waals surface area contributed by atoms with E-state index in [0.717, 1.165) is 23.5 Å². The first-order chi connectivity index (χ1) is 11.0. The molecular weight excluding hydrogens is 284 g/mol. The second-order valence-electron chi connectivity index (χ2n) is 6.26. The SMILES string of the molecule is CCC(C)c1cc(-c2ccc(OC)cc2)cc2c(C)c(C)oc12. The van der Waals surface area contributed by atoms with E-state index in [9.17, 15) is 0 Å². The smallest absolute Gasteiger partial charge is 0.138 e. The van der Waals surface area contributed by atoms with E-state index in [-0.39, 0.29) is 0 Å². The lowest BCUT2D eigenvalue weighted by molar-refractivity contribution is 0.415. The molecule has 1 heterocycles. The predicted molar refractivity (Wildman–Crippen MR) is 96.4 cm³/mol. The zero-order valence-electron chi connectivity index (χ0n) is 14.6. The summed E-state index contributed by atoms with van der Waals surface area (Å²) >= 11 is 0. The Kier molecular flexibility index (Phi) is 4.16. The Hall–Kier alpha value is -2.22. The topological polar surface area (TPSA) is 22.4 Å². The lowest BCUT2D eigenvalue weighted by Gasteiger charge is -2.13. The Morgan fingerprint density at radius 2 is 1.74 bits per heavy atom. The van der Waals surface area contributed by atoms with E-state index in [1.54, 1.807) is 7.11 Å². The lowest BCUT2D eigenvalue weighted by Crippen LogP contribution is -1.93. The minimum atomic E-state index is 0.473. The molecule has 120 valence electrons. The highest BCUT2D eigenvalue weighted by molar-refractivity contribution is 5.90. The molecule has 2 nitrogen and oxygen atoms in total. The van der Waals surface area contributed by atoms with Crippen LogP contribution in [0.1, 0.15) is 43.1 Å². The van der Waals surface area contributed by atoms with Crippen molar-refractivity contribution in [3.63, 3.8) is 0 Å². The van der Waals surface area contributed by atoms with Gasteiger partial charge in [0.15, 0.2) is 0 Å². The first kappa shape index (κ1) is 15.7. The molecule has 1 atom stereocenters. The van der Waals surface area contributed by atoms with Crippen LogP contribution in [0.2, 0.25) is 0 Å². The number of hydrogen-bond acceptors (Lipinski definition) is 2. The summed E-state index contributed by atoms with van der Waals surface area (Å²) in [6, 6.07) is 12.8. The quantitative estimate of drug-likeness (QED) is 0.569. The first-order valence-electron chi connectivity index (χ1n) is 8.23. The summed E-state index contributed by atoms with van der Waals surface area (Å²) in [7, 11) is 1.69. The Morgan fingerprint density at radius 3 is 2.35 bits per heavy atom. The maximum Gasteiger partial charge on any atom is 0.138 e. The molecule has 0 radical (unpaired) electrons. The van der Waals surface area contributed by atoms with Crippen molar-refractivity contribution in [2.45, 2.75) is 40.0 Å². The number of fused-ring (bicyclic) bond motifs is 1. The molecule has 23 heavy (non-hydrogen) atoms. The molecule has 0 fully saturated rings. The molecule has 0 N–H and O–H groups in total. The average Bonchev–Trinajstić information content (AvgIpc) is 2.88. The van der Waals surface area contributed by atoms with Crippen LogP contribution in [-0.2, 0) is 0 Å². The van der Waals surface area contributed by atoms with Gasteiger partial charge in [-0.1, -0.05) is 26.0 Å². The van der Waals surface area contributed by atoms with Gasteiger partial charge in [0.1, 0.15) is 17.1 Å². The summed E-state index contributed by atoms with van der Waals surface area (Å²) in [5.74, 6) is 2.37. The van der Waals surface area contributed by atoms with Crippen molar-refractivity contribution in [2.24, 2.45) is 0 Å². The Balaban J connectivity index is 2.22. The molecule has 1 aromatic heterocycles. The van der Waals surface area contributed by atoms with Crippen LogP contribution in [0.3, 0.4) is 0 Å². The highest BCUT2D eigenvalue weighted by atomic mass is 16.5. The number of methoxy groups -OCH3 is 1. The highest BCUT2D eigenvalue weighted by Gasteiger charge is 2.17. The summed E-state index contributed by atoms with van der Waals surface area (Å²) in [6.45, 7) is 8.67. The summed E-state index contributed by atoms with van der Waals surface area (Å²) in [5, 5.41) is 1.23. The van der Waals surface area contributed by atoms with Gasteiger partial charge in [-0.05, 0) is 72.7 Å². The molecule has 1 unspecified atom stereocenters. The Morgan fingerprint density at radius 1 is 1.04 bits per heavy atom. The van der Waals surface area contributed by atoms with Gasteiger partial charge in [-0.15, -0.1) is 0 Å². The molecule has 0 aliphatic carbocycles. The standard InChI is InChI=1S/C21H24O2/c1-6-13(2)19-11-17(16-7-9-18(22-5)10-8-16)12-20-14(3)15(4)23-21(19)20/h7-13H,6H2,1-5H3. The zero-order valence-corrected chi connectivity index (χ0v) is 14.6. The van der Waals surface area contributed by atoms with Gasteiger partial charge < -0.3 is 9.15 Å². The molecule has 0 bridgehead atoms. The van der Waals surface area contributed by atoms with Crippen LogP contribution in [0.4, 0.5) is 0 Å². The number of rotatable bonds is 4. The van der Waals surface area contributed by atoms with Crippen LogP contribution < -0.4 is 4.74 Å². The second-order valence-corrected chi connectivity index (χ2v) is 6.26. The fourth-order valence-corrected chi connectivity index (χ4v) is 3.00. The third-order valence-electron chi connectivity index (χ3n) is 4.87. The normalized spacial score (nSPS) is 12.6. The van der Waals surface area contributed by atoms with E-state index < -0.39 is 0 Å². The third kappa shape index (κ3) is 2.74. The van der Waals surface area contributed by atoms with E-state index in [1.165, 1.54) is 27.6 Å². The molecule has 0 amide bonds. The van der Waals surface area contributed by atoms with E-state index >= 15 is 0 Å². The number of furan rings is 1. The van der Waals surface area contributed by atoms with Crippen molar-refractivity contribution in [1.29, 1.82) is 0 Å². The van der Waals surface area contributed by atoms with Crippen molar-refractivity contribution in [2.75, 3.05) is 7.11 Å². The predicted octanol–water partition coefficient (Wildman–Crippen LogP) is 6.24. The van der Waals surface area contributed by atoms with Crippen LogP contribution in [0, 0.1) is 13.8 Å². The highest BCUT2D eigenvalue weighted by Crippen LogP contribution is 2.37. The van der Waals surface area contributed by atoms with Crippen molar-refractivity contribution >= 4 is 11.0 Å². The molecule has 0 spiro atoms. The molecule has 3 rings (SSSR count). The largest absolute Gasteiger partial charge is 0.497 e. The molecule has 0 saturated heterocycles. The third-order valence-corrected chi connectivity index (χ3v) is 4.87. The van der Waals surface area contributed by atoms with E-state index in [4.69, 9.17) is 9.15 Å². The van der Waals surface area contributed by atoms with Gasteiger partial charge >= 0.3 is 0 Å². The molecule has 0 saturated carbocycles. The van der Waals surface area contributed by atoms with Crippen LogP contribution in [0.5, 0.6) is 5.75 Å². The minimum Gasteiger partial charge on any atom is -0.497 e. The van der Waals surface area contributed by atoms with Crippen LogP contribution in [0.25, 0.3) is 22.1 Å². The van der Waals surface area contributed by atoms with Gasteiger partial charge in [0.05, 0.1) is 7.11 Å². The van der Waals surface area contributed by atoms with Crippen molar-refractivity contribution in [3.05, 3.63) is 53.3 Å². The molecule has 0 aliphatic rings. The van der Waals surface area contributed by atoms with Crippen LogP contribution in [0.15, 0.2) is 40.8 Å². The average molecular weight is 308 g/mol. The molecule has 0 aliphatic heterocycles. The number of ether oxygens (including phenoxy) is 1. The van der Waals surface area contributed by atoms with Crippen LogP contribution >= 0.6 is 0 Å². The van der Waals surface area contributed by atoms with Crippen molar-refractivity contribution in [3.8, 4) is 16.9 Å². The van der Waals surface area contributed by atoms with Gasteiger partial charge in [-0.2, -0.15) is 0 Å². The van der Waals surface area contributed by atoms with E-state index in [2.05, 4.69) is 45.0 Å². The van der Waals surface area contributed by atoms with Gasteiger partial charge in [0.25, 0.3) is 0 Å². The molecule has 3 aromatic rings. The monoisotopic (exact) mass is 308 g/mol. The number of benzene rings is 2. The van der Waals surface area contributed by atoms with Gasteiger partial charge in [0, 0.05) is 5.39 Å². The number of hydrogen-bond donors (Lipinski definition) is 0. The van der Waals surface area contributed by atoms with Gasteiger partial charge in [-0.25, -0.2) is 0 Å². The maximum absolute atomic E-state index is 6.06. The minimum absolute atomic E-state index is 0.473. The summed E-state index contributed by atoms with van der Waals surface area (Å²) < 4.78 is 11.3. The Bertz CT molecular complexity index is 825. The lowest BCUT2D eigenvalue weighted by atomic mass is 9.92. The fraction of sp³-hybridized carbons (Fsp3) is 0.333. The molecule has 2 aromatic carbocycles. The summed E-state index contributed by atoms with van der Waals surface area (Å²) in [4.78, 5) is 0.